The van der Waals surface area contributed by atoms with Crippen LogP contribution in [0.4, 0.5) is 0 Å². The molecule has 0 unspecified atom stereocenters. The van der Waals surface area contributed by atoms with Crippen LogP contribution in [0.3, 0.4) is 0 Å². The van der Waals surface area contributed by atoms with Gasteiger partial charge in [0, 0.05) is 78.6 Å². The molecule has 0 N–H and O–H groups in total. The topological polar surface area (TPSA) is 69.2 Å². The molecule has 0 aliphatic carbocycles. The number of hydrogen-bond acceptors (Lipinski definition) is 3. The van der Waals surface area contributed by atoms with Gasteiger partial charge in [0.1, 0.15) is 0 Å². The maximum atomic E-state index is 8.42. The molecule has 16 heteroatoms. The van der Waals surface area contributed by atoms with Crippen LogP contribution >= 0.6 is 104 Å². The Bertz CT molecular complexity index is 6240. The Labute approximate surface area is 892 Å². The van der Waals surface area contributed by atoms with Gasteiger partial charge < -0.3 is 15.1 Å². The molecule has 0 aliphatic heterocycles. The van der Waals surface area contributed by atoms with Crippen LogP contribution in [0.25, 0.3) is 100 Å². The summed E-state index contributed by atoms with van der Waals surface area (Å²) in [5, 5.41) is 31.7. The van der Waals surface area contributed by atoms with Gasteiger partial charge in [-0.1, -0.05) is 401 Å². The van der Waals surface area contributed by atoms with Gasteiger partial charge in [-0.15, -0.1) is 0 Å². The lowest BCUT2D eigenvalue weighted by Gasteiger charge is -2.35. The van der Waals surface area contributed by atoms with Crippen molar-refractivity contribution < 1.29 is 15.1 Å². The molecular weight excluding hydrogens is 1990 g/mol. The van der Waals surface area contributed by atoms with Gasteiger partial charge in [-0.25, -0.2) is 0 Å². The first-order valence-corrected chi connectivity index (χ1v) is 55.3. The Morgan fingerprint density at radius 1 is 0.176 bits per heavy atom. The van der Waals surface area contributed by atoms with Gasteiger partial charge in [0.05, 0.1) is 32.7 Å². The fraction of sp³-hybridized carbons (Fsp3) is 0.143. The molecule has 714 valence electrons. The van der Waals surface area contributed by atoms with Crippen molar-refractivity contribution >= 4 is 144 Å². The predicted octanol–water partition coefficient (Wildman–Crippen LogP) is 37.7. The Morgan fingerprint density at radius 2 is 0.317 bits per heavy atom. The lowest BCUT2D eigenvalue weighted by molar-refractivity contribution is -0.479. The molecule has 18 aromatic rings. The summed E-state index contributed by atoms with van der Waals surface area (Å²) < 4.78 is 0. The molecule has 3 nitrogen and oxygen atoms in total. The molecule has 0 radical (unpaired) electrons. The number of aryl methyl sites for hydroxylation is 3. The summed E-state index contributed by atoms with van der Waals surface area (Å²) >= 11 is 58.3. The molecule has 0 amide bonds. The molecule has 18 rings (SSSR count). The van der Waals surface area contributed by atoms with E-state index in [9.17, 15) is 0 Å². The second-order valence-corrected chi connectivity index (χ2v) is 44.5. The maximum Gasteiger partial charge on any atom is 0.175 e. The summed E-state index contributed by atoms with van der Waals surface area (Å²) in [5.74, 6) is 0. The van der Waals surface area contributed by atoms with E-state index in [1.54, 1.807) is 0 Å². The SMILES string of the molecule is CCCCCCc1cc([S+](c2ccccc2)c2ccccc2)c(-c2ccc(Cl)cc2)c(-c2ccc(Cl)cc2)c1-c1ccc(Cl)cc1.CCCCCCc1cc([S+](c2ccccc2)c2ccccc2)c(-c2ccc(Cl)cc2)c(-c2ccc(Cl)cc2)c1-c1ccc(Cl)cc1.CCCCCCc1cc([S+](c2ccccc2)c2ccccc2)c(-c2ccc(Cl)cc2)c(-c2ccc(Cl)cc2)c1-c1ccc(Cl)cc1.[O-]B([O-])[O-]. The lowest BCUT2D eigenvalue weighted by atomic mass is 9.83. The number of halogens is 9. The van der Waals surface area contributed by atoms with Gasteiger partial charge >= 0.3 is 0 Å². The van der Waals surface area contributed by atoms with Crippen LogP contribution < -0.4 is 15.1 Å². The fourth-order valence-corrected chi connectivity index (χ4v) is 26.3. The Morgan fingerprint density at radius 3 is 0.465 bits per heavy atom. The predicted molar refractivity (Wildman–Crippen MR) is 608 cm³/mol. The Balaban J connectivity index is 0.000000158. The summed E-state index contributed by atoms with van der Waals surface area (Å²) in [6.45, 7) is 6.80. The number of hydrogen-bond donors (Lipinski definition) is 0. The van der Waals surface area contributed by atoms with Crippen LogP contribution in [0.15, 0.2) is 463 Å². The van der Waals surface area contributed by atoms with Gasteiger partial charge in [-0.3, -0.25) is 7.32 Å². The first-order valence-electron chi connectivity index (χ1n) is 48.3. The van der Waals surface area contributed by atoms with Crippen LogP contribution in [0, 0.1) is 0 Å². The van der Waals surface area contributed by atoms with Gasteiger partial charge in [-0.05, 0) is 322 Å². The number of rotatable bonds is 33. The molecule has 0 fully saturated rings. The molecule has 0 aliphatic rings. The third-order valence-corrected chi connectivity index (χ3v) is 33.8. The zero-order chi connectivity index (χ0) is 99.2. The zero-order valence-corrected chi connectivity index (χ0v) is 88.6. The molecule has 0 spiro atoms. The first-order chi connectivity index (χ1) is 69.3. The van der Waals surface area contributed by atoms with Crippen molar-refractivity contribution in [1.82, 2.24) is 0 Å². The summed E-state index contributed by atoms with van der Waals surface area (Å²) in [4.78, 5) is 11.6. The minimum absolute atomic E-state index is 0.388. The zero-order valence-electron chi connectivity index (χ0n) is 79.4. The number of unbranched alkanes of at least 4 members (excludes halogenated alkanes) is 9. The highest BCUT2D eigenvalue weighted by Crippen LogP contribution is 2.55. The summed E-state index contributed by atoms with van der Waals surface area (Å²) in [7, 11) is -4.08. The maximum absolute atomic E-state index is 8.42. The molecular formula is C126H108BCl9O3S3. The largest absolute Gasteiger partial charge is 0.907 e. The Kier molecular flexibility index (Phi) is 39.8. The van der Waals surface area contributed by atoms with Crippen molar-refractivity contribution in [2.75, 3.05) is 0 Å². The van der Waals surface area contributed by atoms with Crippen LogP contribution in [0.5, 0.6) is 0 Å². The van der Waals surface area contributed by atoms with E-state index >= 15 is 0 Å². The van der Waals surface area contributed by atoms with E-state index in [1.165, 1.54) is 169 Å². The standard InChI is InChI=1S/3C42H36Cl3S.BO3/c3*1-2-3-4-7-12-33-29-39(46(37-13-8-5-9-14-37)38-15-10-6-11-16-38)41(31-19-25-35(44)26-20-31)42(32-21-27-36(45)28-22-32)40(33)30-17-23-34(43)24-18-30;2-1(3)4/h3*5-6,8-11,13-29H,2-4,7,12H2,1H3;/q3*+1;-3. The average Bonchev–Trinajstić information content (AvgIpc) is 0.743. The van der Waals surface area contributed by atoms with Gasteiger partial charge in [0.25, 0.3) is 0 Å². The molecule has 0 atom stereocenters. The van der Waals surface area contributed by atoms with E-state index in [0.29, 0.717) is 30.1 Å². The highest BCUT2D eigenvalue weighted by molar-refractivity contribution is 7.98. The summed E-state index contributed by atoms with van der Waals surface area (Å²) in [6, 6.07) is 148. The second-order valence-electron chi connectivity index (χ2n) is 34.6. The van der Waals surface area contributed by atoms with Crippen LogP contribution in [-0.2, 0) is 51.9 Å². The van der Waals surface area contributed by atoms with E-state index in [0.717, 1.165) is 104 Å². The highest BCUT2D eigenvalue weighted by Gasteiger charge is 2.40. The highest BCUT2D eigenvalue weighted by atomic mass is 35.5. The van der Waals surface area contributed by atoms with Crippen LogP contribution in [0.1, 0.15) is 115 Å². The Hall–Kier alpha value is -10.4. The van der Waals surface area contributed by atoms with Gasteiger partial charge in [0.2, 0.25) is 0 Å². The summed E-state index contributed by atoms with van der Waals surface area (Å²) in [5.41, 5.74) is 25.2. The lowest BCUT2D eigenvalue weighted by Crippen LogP contribution is -2.56. The molecule has 0 saturated carbocycles. The smallest absolute Gasteiger partial charge is 0.175 e. The van der Waals surface area contributed by atoms with Crippen molar-refractivity contribution in [3.8, 4) is 100 Å². The van der Waals surface area contributed by atoms with Crippen molar-refractivity contribution in [2.45, 2.75) is 161 Å². The quantitative estimate of drug-likeness (QED) is 0.0234. The molecule has 0 bridgehead atoms. The minimum Gasteiger partial charge on any atom is -0.907 e. The second kappa shape index (κ2) is 53.4. The first kappa shape index (κ1) is 106. The normalized spacial score (nSPS) is 11.1. The van der Waals surface area contributed by atoms with E-state index in [4.69, 9.17) is 119 Å². The monoisotopic (exact) mass is 2090 g/mol. The average molecular weight is 2100 g/mol. The van der Waals surface area contributed by atoms with Gasteiger partial charge in [-0.2, -0.15) is 0 Å². The molecule has 0 aromatic heterocycles. The fourth-order valence-electron chi connectivity index (χ4n) is 18.2. The van der Waals surface area contributed by atoms with E-state index in [-0.39, 0.29) is 32.7 Å². The molecule has 142 heavy (non-hydrogen) atoms. The summed E-state index contributed by atoms with van der Waals surface area (Å²) in [6.07, 6.45) is 17.2. The van der Waals surface area contributed by atoms with Crippen molar-refractivity contribution in [3.63, 3.8) is 0 Å². The van der Waals surface area contributed by atoms with Crippen molar-refractivity contribution in [3.05, 3.63) is 480 Å². The van der Waals surface area contributed by atoms with Crippen LogP contribution in [-0.4, -0.2) is 7.32 Å². The number of benzene rings is 18. The third-order valence-electron chi connectivity index (χ3n) is 24.7. The van der Waals surface area contributed by atoms with E-state index < -0.39 is 7.32 Å². The van der Waals surface area contributed by atoms with Crippen molar-refractivity contribution in [2.24, 2.45) is 0 Å². The third kappa shape index (κ3) is 27.8. The van der Waals surface area contributed by atoms with E-state index in [2.05, 4.69) is 330 Å². The van der Waals surface area contributed by atoms with E-state index in [1.807, 2.05) is 109 Å². The van der Waals surface area contributed by atoms with Crippen LogP contribution in [0.2, 0.25) is 45.2 Å². The minimum atomic E-state index is -2.92. The van der Waals surface area contributed by atoms with Crippen molar-refractivity contribution in [1.29, 1.82) is 0 Å². The molecule has 0 saturated heterocycles. The van der Waals surface area contributed by atoms with Gasteiger partial charge in [0.15, 0.2) is 44.1 Å². The molecule has 18 aromatic carbocycles. The molecule has 0 heterocycles.